The summed E-state index contributed by atoms with van der Waals surface area (Å²) in [6.45, 7) is 0.0772. The van der Waals surface area contributed by atoms with Crippen molar-refractivity contribution in [3.05, 3.63) is 33.9 Å². The molecule has 0 spiro atoms. The second kappa shape index (κ2) is 7.42. The third kappa shape index (κ3) is 4.77. The molecule has 1 heterocycles. The zero-order chi connectivity index (χ0) is 13.0. The summed E-state index contributed by atoms with van der Waals surface area (Å²) in [7, 11) is 0. The van der Waals surface area contributed by atoms with Gasteiger partial charge in [0.15, 0.2) is 11.5 Å². The molecule has 1 aliphatic heterocycles. The molecule has 8 heteroatoms. The fourth-order valence-corrected chi connectivity index (χ4v) is 2.54. The second-order valence-corrected chi connectivity index (χ2v) is 5.01. The Hall–Kier alpha value is -1.18. The van der Waals surface area contributed by atoms with Crippen LogP contribution in [0.5, 0.6) is 11.5 Å². The summed E-state index contributed by atoms with van der Waals surface area (Å²) in [6, 6.07) is 5.35. The summed E-state index contributed by atoms with van der Waals surface area (Å²) in [6.07, 6.45) is 0. The van der Waals surface area contributed by atoms with Gasteiger partial charge in [-0.25, -0.2) is 0 Å². The molecule has 2 rings (SSSR count). The SMILES string of the molecule is Cl.NC(CSCc1ccc2c(c1)OCO2)C[N+](=O)[O-]. The van der Waals surface area contributed by atoms with E-state index in [1.807, 2.05) is 18.2 Å². The largest absolute Gasteiger partial charge is 0.454 e. The molecular formula is C11H15ClN2O4S. The van der Waals surface area contributed by atoms with Crippen LogP contribution in [0, 0.1) is 10.1 Å². The predicted octanol–water partition coefficient (Wildman–Crippen LogP) is 1.67. The van der Waals surface area contributed by atoms with E-state index in [1.165, 1.54) is 0 Å². The van der Waals surface area contributed by atoms with E-state index in [4.69, 9.17) is 15.2 Å². The summed E-state index contributed by atoms with van der Waals surface area (Å²) in [5.41, 5.74) is 6.72. The van der Waals surface area contributed by atoms with Crippen LogP contribution in [0.4, 0.5) is 0 Å². The van der Waals surface area contributed by atoms with Crippen LogP contribution in [0.1, 0.15) is 5.56 Å². The van der Waals surface area contributed by atoms with Gasteiger partial charge in [-0.2, -0.15) is 11.8 Å². The molecule has 0 radical (unpaired) electrons. The second-order valence-electron chi connectivity index (χ2n) is 3.98. The molecule has 19 heavy (non-hydrogen) atoms. The van der Waals surface area contributed by atoms with Crippen molar-refractivity contribution >= 4 is 24.2 Å². The monoisotopic (exact) mass is 306 g/mol. The Morgan fingerprint density at radius 3 is 2.89 bits per heavy atom. The molecule has 0 aromatic heterocycles. The van der Waals surface area contributed by atoms with Gasteiger partial charge in [0.25, 0.3) is 0 Å². The summed E-state index contributed by atoms with van der Waals surface area (Å²) >= 11 is 1.58. The zero-order valence-corrected chi connectivity index (χ0v) is 11.7. The maximum Gasteiger partial charge on any atom is 0.231 e. The Morgan fingerprint density at radius 1 is 1.42 bits per heavy atom. The van der Waals surface area contributed by atoms with Gasteiger partial charge in [0, 0.05) is 16.4 Å². The van der Waals surface area contributed by atoms with E-state index < -0.39 is 6.04 Å². The first-order valence-electron chi connectivity index (χ1n) is 5.49. The van der Waals surface area contributed by atoms with Gasteiger partial charge in [-0.3, -0.25) is 10.1 Å². The van der Waals surface area contributed by atoms with E-state index in [0.717, 1.165) is 22.8 Å². The third-order valence-electron chi connectivity index (χ3n) is 2.42. The van der Waals surface area contributed by atoms with Crippen LogP contribution in [0.3, 0.4) is 0 Å². The van der Waals surface area contributed by atoms with E-state index in [2.05, 4.69) is 0 Å². The number of ether oxygens (including phenoxy) is 2. The number of benzene rings is 1. The molecule has 0 aliphatic carbocycles. The van der Waals surface area contributed by atoms with Crippen molar-refractivity contribution < 1.29 is 14.4 Å². The first-order chi connectivity index (χ1) is 8.65. The number of fused-ring (bicyclic) bond motifs is 1. The molecule has 1 aliphatic rings. The van der Waals surface area contributed by atoms with Gasteiger partial charge in [0.05, 0.1) is 6.04 Å². The normalized spacial score (nSPS) is 13.7. The van der Waals surface area contributed by atoms with Crippen molar-refractivity contribution in [2.24, 2.45) is 5.73 Å². The molecule has 2 N–H and O–H groups in total. The van der Waals surface area contributed by atoms with E-state index in [0.29, 0.717) is 5.75 Å². The van der Waals surface area contributed by atoms with Crippen LogP contribution in [0.15, 0.2) is 18.2 Å². The smallest absolute Gasteiger partial charge is 0.231 e. The van der Waals surface area contributed by atoms with Gasteiger partial charge < -0.3 is 15.2 Å². The Labute approximate surface area is 121 Å². The van der Waals surface area contributed by atoms with E-state index in [-0.39, 0.29) is 30.7 Å². The topological polar surface area (TPSA) is 87.6 Å². The fourth-order valence-electron chi connectivity index (χ4n) is 1.60. The number of nitrogens with zero attached hydrogens (tertiary/aromatic N) is 1. The highest BCUT2D eigenvalue weighted by Gasteiger charge is 2.14. The third-order valence-corrected chi connectivity index (χ3v) is 3.62. The maximum absolute atomic E-state index is 10.3. The summed E-state index contributed by atoms with van der Waals surface area (Å²) in [4.78, 5) is 9.87. The molecule has 1 unspecified atom stereocenters. The Kier molecular flexibility index (Phi) is 6.20. The molecule has 0 bridgehead atoms. The lowest BCUT2D eigenvalue weighted by atomic mass is 10.2. The number of hydrogen-bond acceptors (Lipinski definition) is 6. The maximum atomic E-state index is 10.3. The zero-order valence-electron chi connectivity index (χ0n) is 10.1. The molecule has 1 aromatic carbocycles. The van der Waals surface area contributed by atoms with E-state index in [9.17, 15) is 10.1 Å². The van der Waals surface area contributed by atoms with Crippen LogP contribution in [0.25, 0.3) is 0 Å². The lowest BCUT2D eigenvalue weighted by Gasteiger charge is -2.07. The minimum absolute atomic E-state index is 0. The molecule has 0 saturated heterocycles. The lowest BCUT2D eigenvalue weighted by Crippen LogP contribution is -2.31. The van der Waals surface area contributed by atoms with Gasteiger partial charge in [0.1, 0.15) is 0 Å². The van der Waals surface area contributed by atoms with Crippen molar-refractivity contribution in [3.63, 3.8) is 0 Å². The predicted molar refractivity (Wildman–Crippen MR) is 75.8 cm³/mol. The molecule has 1 aromatic rings. The first kappa shape index (κ1) is 15.9. The standard InChI is InChI=1S/C11H14N2O4S.ClH/c12-9(4-13(14)15)6-18-5-8-1-2-10-11(3-8)17-7-16-10;/h1-3,9H,4-7,12H2;1H. The Morgan fingerprint density at radius 2 is 2.16 bits per heavy atom. The molecule has 0 fully saturated rings. The minimum Gasteiger partial charge on any atom is -0.454 e. The highest BCUT2D eigenvalue weighted by atomic mass is 35.5. The van der Waals surface area contributed by atoms with Crippen molar-refractivity contribution in [3.8, 4) is 11.5 Å². The van der Waals surface area contributed by atoms with Crippen LogP contribution >= 0.6 is 24.2 Å². The summed E-state index contributed by atoms with van der Waals surface area (Å²) in [5.74, 6) is 2.83. The van der Waals surface area contributed by atoms with Crippen LogP contribution in [0.2, 0.25) is 0 Å². The molecule has 0 amide bonds. The molecule has 1 atom stereocenters. The van der Waals surface area contributed by atoms with Crippen molar-refractivity contribution in [1.82, 2.24) is 0 Å². The van der Waals surface area contributed by atoms with Crippen molar-refractivity contribution in [2.75, 3.05) is 19.1 Å². The van der Waals surface area contributed by atoms with Gasteiger partial charge in [-0.15, -0.1) is 12.4 Å². The summed E-state index contributed by atoms with van der Waals surface area (Å²) in [5, 5.41) is 10.3. The molecular weight excluding hydrogens is 292 g/mol. The molecule has 6 nitrogen and oxygen atoms in total. The number of hydrogen-bond donors (Lipinski definition) is 1. The fraction of sp³-hybridized carbons (Fsp3) is 0.455. The van der Waals surface area contributed by atoms with Crippen LogP contribution < -0.4 is 15.2 Å². The average Bonchev–Trinajstić information content (AvgIpc) is 2.75. The van der Waals surface area contributed by atoms with Gasteiger partial charge in [-0.1, -0.05) is 6.07 Å². The Bertz CT molecular complexity index is 447. The lowest BCUT2D eigenvalue weighted by molar-refractivity contribution is -0.481. The quantitative estimate of drug-likeness (QED) is 0.635. The van der Waals surface area contributed by atoms with Crippen molar-refractivity contribution in [1.29, 1.82) is 0 Å². The highest BCUT2D eigenvalue weighted by molar-refractivity contribution is 7.98. The highest BCUT2D eigenvalue weighted by Crippen LogP contribution is 2.33. The minimum atomic E-state index is -0.404. The van der Waals surface area contributed by atoms with Crippen LogP contribution in [-0.4, -0.2) is 30.1 Å². The number of nitrogens with two attached hydrogens (primary N) is 1. The number of halogens is 1. The van der Waals surface area contributed by atoms with Crippen molar-refractivity contribution in [2.45, 2.75) is 11.8 Å². The number of nitro groups is 1. The molecule has 106 valence electrons. The first-order valence-corrected chi connectivity index (χ1v) is 6.64. The number of thioether (sulfide) groups is 1. The average molecular weight is 307 g/mol. The summed E-state index contributed by atoms with van der Waals surface area (Å²) < 4.78 is 10.5. The molecule has 0 saturated carbocycles. The van der Waals surface area contributed by atoms with E-state index >= 15 is 0 Å². The van der Waals surface area contributed by atoms with Gasteiger partial charge in [-0.05, 0) is 17.7 Å². The van der Waals surface area contributed by atoms with E-state index in [1.54, 1.807) is 11.8 Å². The van der Waals surface area contributed by atoms with Crippen LogP contribution in [-0.2, 0) is 5.75 Å². The van der Waals surface area contributed by atoms with Gasteiger partial charge in [0.2, 0.25) is 13.3 Å². The Balaban J connectivity index is 0.00000180. The number of rotatable bonds is 6. The van der Waals surface area contributed by atoms with Gasteiger partial charge >= 0.3 is 0 Å².